The number of fused-ring (bicyclic) bond motifs is 3. The second-order valence-corrected chi connectivity index (χ2v) is 5.70. The molecule has 0 aromatic heterocycles. The van der Waals surface area contributed by atoms with Crippen molar-refractivity contribution in [1.29, 1.82) is 0 Å². The van der Waals surface area contributed by atoms with Crippen molar-refractivity contribution in [3.8, 4) is 0 Å². The zero-order valence-corrected chi connectivity index (χ0v) is 11.6. The summed E-state index contributed by atoms with van der Waals surface area (Å²) < 4.78 is 0. The van der Waals surface area contributed by atoms with Crippen molar-refractivity contribution in [3.05, 3.63) is 70.2 Å². The van der Waals surface area contributed by atoms with E-state index in [9.17, 15) is 4.79 Å². The van der Waals surface area contributed by atoms with Gasteiger partial charge in [-0.25, -0.2) is 0 Å². The van der Waals surface area contributed by atoms with Gasteiger partial charge in [0.25, 0.3) is 5.91 Å². The minimum Gasteiger partial charge on any atom is -0.315 e. The Morgan fingerprint density at radius 3 is 2.65 bits per heavy atom. The van der Waals surface area contributed by atoms with Crippen molar-refractivity contribution in [2.24, 2.45) is 0 Å². The van der Waals surface area contributed by atoms with E-state index in [4.69, 9.17) is 11.6 Å². The van der Waals surface area contributed by atoms with Crippen LogP contribution in [0.15, 0.2) is 48.5 Å². The van der Waals surface area contributed by atoms with Crippen LogP contribution in [0.2, 0.25) is 5.02 Å². The molecule has 0 aliphatic carbocycles. The molecule has 4 rings (SSSR count). The molecular formula is C16H14ClN2O+. The molecule has 2 heterocycles. The number of halogens is 1. The van der Waals surface area contributed by atoms with Crippen LogP contribution in [-0.4, -0.2) is 23.9 Å². The molecule has 1 atom stereocenters. The lowest BCUT2D eigenvalue weighted by Gasteiger charge is -2.29. The van der Waals surface area contributed by atoms with Crippen molar-refractivity contribution < 1.29 is 10.1 Å². The number of carbonyl (C=O) groups excluding carboxylic acids is 1. The van der Waals surface area contributed by atoms with Crippen LogP contribution >= 0.6 is 11.6 Å². The van der Waals surface area contributed by atoms with Crippen LogP contribution in [0.5, 0.6) is 0 Å². The molecule has 3 nitrogen and oxygen atoms in total. The largest absolute Gasteiger partial charge is 0.315 e. The third kappa shape index (κ3) is 1.37. The van der Waals surface area contributed by atoms with Gasteiger partial charge in [-0.05, 0) is 36.4 Å². The van der Waals surface area contributed by atoms with E-state index >= 15 is 0 Å². The van der Waals surface area contributed by atoms with Crippen LogP contribution in [0.25, 0.3) is 0 Å². The van der Waals surface area contributed by atoms with Crippen LogP contribution < -0.4 is 5.32 Å². The Morgan fingerprint density at radius 1 is 1.10 bits per heavy atom. The van der Waals surface area contributed by atoms with Crippen molar-refractivity contribution in [3.63, 3.8) is 0 Å². The third-order valence-corrected chi connectivity index (χ3v) is 4.57. The van der Waals surface area contributed by atoms with E-state index in [1.54, 1.807) is 0 Å². The van der Waals surface area contributed by atoms with Gasteiger partial charge in [0.15, 0.2) is 0 Å². The Morgan fingerprint density at radius 2 is 1.85 bits per heavy atom. The molecule has 1 amide bonds. The van der Waals surface area contributed by atoms with E-state index in [2.05, 4.69) is 11.4 Å². The number of hydrogen-bond donors (Lipinski definition) is 1. The molecule has 0 saturated carbocycles. The standard InChI is InChI=1S/C16H13ClN2O/c17-12-7-5-11(6-8-12)16-14-4-2-1-3-13(14)15(20)19(16)10-9-18-16/h1-8,18H,9-10H2/p+1/t16-/m1/s1. The number of nitrogens with two attached hydrogens (primary N) is 1. The van der Waals surface area contributed by atoms with E-state index in [0.717, 1.165) is 29.8 Å². The lowest BCUT2D eigenvalue weighted by Crippen LogP contribution is -2.93. The highest BCUT2D eigenvalue weighted by molar-refractivity contribution is 6.30. The van der Waals surface area contributed by atoms with E-state index in [1.165, 1.54) is 0 Å². The van der Waals surface area contributed by atoms with E-state index in [1.807, 2.05) is 47.4 Å². The molecule has 0 spiro atoms. The predicted molar refractivity (Wildman–Crippen MR) is 76.5 cm³/mol. The van der Waals surface area contributed by atoms with Gasteiger partial charge in [0.05, 0.1) is 24.2 Å². The molecular weight excluding hydrogens is 272 g/mol. The van der Waals surface area contributed by atoms with E-state index in [-0.39, 0.29) is 5.91 Å². The number of carbonyl (C=O) groups is 1. The Kier molecular flexibility index (Phi) is 2.43. The van der Waals surface area contributed by atoms with E-state index in [0.29, 0.717) is 5.02 Å². The zero-order valence-electron chi connectivity index (χ0n) is 10.8. The van der Waals surface area contributed by atoms with Crippen LogP contribution in [0.1, 0.15) is 21.5 Å². The van der Waals surface area contributed by atoms with Crippen LogP contribution in [-0.2, 0) is 5.66 Å². The van der Waals surface area contributed by atoms with Gasteiger partial charge >= 0.3 is 0 Å². The third-order valence-electron chi connectivity index (χ3n) is 4.32. The number of quaternary nitrogens is 1. The molecule has 1 saturated heterocycles. The van der Waals surface area contributed by atoms with Gasteiger partial charge in [0.1, 0.15) is 0 Å². The first kappa shape index (κ1) is 11.9. The van der Waals surface area contributed by atoms with Crippen molar-refractivity contribution in [2.75, 3.05) is 13.1 Å². The van der Waals surface area contributed by atoms with Gasteiger partial charge in [-0.15, -0.1) is 0 Å². The monoisotopic (exact) mass is 285 g/mol. The fourth-order valence-electron chi connectivity index (χ4n) is 3.49. The first-order valence-electron chi connectivity index (χ1n) is 6.75. The first-order valence-corrected chi connectivity index (χ1v) is 7.13. The Balaban J connectivity index is 1.99. The molecule has 2 aliphatic rings. The molecule has 20 heavy (non-hydrogen) atoms. The second kappa shape index (κ2) is 4.08. The highest BCUT2D eigenvalue weighted by Crippen LogP contribution is 2.40. The maximum absolute atomic E-state index is 12.6. The Hall–Kier alpha value is -1.84. The van der Waals surface area contributed by atoms with Gasteiger partial charge in [0, 0.05) is 10.6 Å². The summed E-state index contributed by atoms with van der Waals surface area (Å²) >= 11 is 6.00. The molecule has 0 unspecified atom stereocenters. The number of nitrogens with zero attached hydrogens (tertiary/aromatic N) is 1. The summed E-state index contributed by atoms with van der Waals surface area (Å²) in [6.07, 6.45) is 0. The fourth-order valence-corrected chi connectivity index (χ4v) is 3.61. The fraction of sp³-hybridized carbons (Fsp3) is 0.188. The second-order valence-electron chi connectivity index (χ2n) is 5.27. The van der Waals surface area contributed by atoms with Gasteiger partial charge < -0.3 is 5.32 Å². The van der Waals surface area contributed by atoms with Gasteiger partial charge in [0.2, 0.25) is 5.66 Å². The minimum absolute atomic E-state index is 0.129. The summed E-state index contributed by atoms with van der Waals surface area (Å²) in [6, 6.07) is 15.7. The summed E-state index contributed by atoms with van der Waals surface area (Å²) in [5.41, 5.74) is 2.61. The van der Waals surface area contributed by atoms with Crippen LogP contribution in [0, 0.1) is 0 Å². The molecule has 0 bridgehead atoms. The maximum Gasteiger partial charge on any atom is 0.259 e. The normalized spacial score (nSPS) is 23.9. The smallest absolute Gasteiger partial charge is 0.259 e. The number of amides is 1. The summed E-state index contributed by atoms with van der Waals surface area (Å²) in [4.78, 5) is 14.6. The molecule has 4 heteroatoms. The lowest BCUT2D eigenvalue weighted by atomic mass is 9.91. The molecule has 2 aromatic carbocycles. The number of benzene rings is 2. The van der Waals surface area contributed by atoms with Crippen molar-refractivity contribution in [1.82, 2.24) is 4.90 Å². The van der Waals surface area contributed by atoms with Crippen molar-refractivity contribution >= 4 is 17.5 Å². The highest BCUT2D eigenvalue weighted by atomic mass is 35.5. The summed E-state index contributed by atoms with van der Waals surface area (Å²) in [7, 11) is 0. The van der Waals surface area contributed by atoms with Gasteiger partial charge in [-0.2, -0.15) is 0 Å². The lowest BCUT2D eigenvalue weighted by molar-refractivity contribution is -0.716. The minimum atomic E-state index is -0.404. The average Bonchev–Trinajstić information content (AvgIpc) is 3.01. The van der Waals surface area contributed by atoms with Crippen molar-refractivity contribution in [2.45, 2.75) is 5.66 Å². The summed E-state index contributed by atoms with van der Waals surface area (Å²) in [5.74, 6) is 0.129. The summed E-state index contributed by atoms with van der Waals surface area (Å²) in [5, 5.41) is 2.97. The number of hydrogen-bond acceptors (Lipinski definition) is 1. The van der Waals surface area contributed by atoms with Gasteiger partial charge in [-0.1, -0.05) is 23.7 Å². The zero-order chi connectivity index (χ0) is 13.7. The molecule has 2 aliphatic heterocycles. The predicted octanol–water partition coefficient (Wildman–Crippen LogP) is 1.57. The van der Waals surface area contributed by atoms with Crippen LogP contribution in [0.3, 0.4) is 0 Å². The summed E-state index contributed by atoms with van der Waals surface area (Å²) in [6.45, 7) is 1.69. The molecule has 2 aromatic rings. The van der Waals surface area contributed by atoms with Crippen LogP contribution in [0.4, 0.5) is 0 Å². The molecule has 100 valence electrons. The SMILES string of the molecule is O=C1c2ccccc2[C@]2(c3ccc(Cl)cc3)[NH2+]CCN12. The molecule has 0 radical (unpaired) electrons. The quantitative estimate of drug-likeness (QED) is 0.848. The first-order chi connectivity index (χ1) is 9.73. The molecule has 2 N–H and O–H groups in total. The molecule has 1 fully saturated rings. The average molecular weight is 286 g/mol. The number of rotatable bonds is 1. The maximum atomic E-state index is 12.6. The highest BCUT2D eigenvalue weighted by Gasteiger charge is 2.57. The topological polar surface area (TPSA) is 36.9 Å². The van der Waals surface area contributed by atoms with Gasteiger partial charge in [-0.3, -0.25) is 9.69 Å². The van der Waals surface area contributed by atoms with E-state index < -0.39 is 5.66 Å². The Labute approximate surface area is 122 Å². The Bertz CT molecular complexity index is 698.